The Balaban J connectivity index is 1.34. The van der Waals surface area contributed by atoms with Gasteiger partial charge >= 0.3 is 0 Å². The van der Waals surface area contributed by atoms with Crippen molar-refractivity contribution in [2.24, 2.45) is 0 Å². The number of furan rings is 1. The molecule has 0 aliphatic carbocycles. The highest BCUT2D eigenvalue weighted by atomic mass is 35.5. The summed E-state index contributed by atoms with van der Waals surface area (Å²) < 4.78 is 38.9. The van der Waals surface area contributed by atoms with Crippen molar-refractivity contribution in [3.63, 3.8) is 0 Å². The number of ether oxygens (including phenoxy) is 1. The molecule has 0 radical (unpaired) electrons. The Kier molecular flexibility index (Phi) is 5.99. The number of hydrogen-bond donors (Lipinski definition) is 1. The molecular formula is C22H16ClF2N3O3. The average Bonchev–Trinajstić information content (AvgIpc) is 3.37. The number of nitrogens with one attached hydrogen (secondary N) is 1. The second-order valence-corrected chi connectivity index (χ2v) is 7.08. The number of nitrogens with zero attached hydrogens (tertiary/aromatic N) is 2. The van der Waals surface area contributed by atoms with Crippen LogP contribution >= 0.6 is 11.6 Å². The van der Waals surface area contributed by atoms with Gasteiger partial charge in [-0.15, -0.1) is 0 Å². The summed E-state index contributed by atoms with van der Waals surface area (Å²) in [5.41, 5.74) is 1.47. The van der Waals surface area contributed by atoms with E-state index in [1.807, 2.05) is 18.2 Å². The number of halogens is 3. The standard InChI is InChI=1S/C22H16ClF2N3O3/c23-15-3-1-2-14(8-15)11-28-12-17(10-26-28)27-22(29)21-7-5-18(31-21)13-30-20-6-4-16(24)9-19(20)25/h1-10,12H,11,13H2,(H,27,29). The van der Waals surface area contributed by atoms with Crippen LogP contribution in [0.3, 0.4) is 0 Å². The van der Waals surface area contributed by atoms with Crippen molar-refractivity contribution in [3.8, 4) is 5.75 Å². The smallest absolute Gasteiger partial charge is 0.291 e. The van der Waals surface area contributed by atoms with Crippen LogP contribution in [0.1, 0.15) is 21.9 Å². The molecule has 0 atom stereocenters. The molecule has 0 unspecified atom stereocenters. The fourth-order valence-corrected chi connectivity index (χ4v) is 3.06. The maximum absolute atomic E-state index is 13.6. The Morgan fingerprint density at radius 1 is 1.16 bits per heavy atom. The van der Waals surface area contributed by atoms with Gasteiger partial charge in [-0.2, -0.15) is 5.10 Å². The van der Waals surface area contributed by atoms with Gasteiger partial charge in [-0.1, -0.05) is 23.7 Å². The summed E-state index contributed by atoms with van der Waals surface area (Å²) in [6, 6.07) is 13.4. The minimum absolute atomic E-state index is 0.0563. The average molecular weight is 444 g/mol. The van der Waals surface area contributed by atoms with Crippen LogP contribution in [0, 0.1) is 11.6 Å². The lowest BCUT2D eigenvalue weighted by Crippen LogP contribution is -2.10. The molecular weight excluding hydrogens is 428 g/mol. The predicted molar refractivity (Wildman–Crippen MR) is 110 cm³/mol. The Morgan fingerprint density at radius 3 is 2.84 bits per heavy atom. The summed E-state index contributed by atoms with van der Waals surface area (Å²) >= 11 is 5.99. The maximum Gasteiger partial charge on any atom is 0.291 e. The number of anilines is 1. The van der Waals surface area contributed by atoms with Crippen molar-refractivity contribution in [2.45, 2.75) is 13.2 Å². The van der Waals surface area contributed by atoms with Crippen LogP contribution in [0.5, 0.6) is 5.75 Å². The van der Waals surface area contributed by atoms with Gasteiger partial charge in [0.1, 0.15) is 18.2 Å². The Labute approximate surface area is 181 Å². The van der Waals surface area contributed by atoms with Crippen molar-refractivity contribution < 1.29 is 22.7 Å². The molecule has 2 heterocycles. The summed E-state index contributed by atoms with van der Waals surface area (Å²) in [4.78, 5) is 12.4. The van der Waals surface area contributed by atoms with E-state index in [2.05, 4.69) is 10.4 Å². The molecule has 1 amide bonds. The Morgan fingerprint density at radius 2 is 2.03 bits per heavy atom. The van der Waals surface area contributed by atoms with E-state index in [0.29, 0.717) is 23.0 Å². The zero-order valence-electron chi connectivity index (χ0n) is 16.0. The van der Waals surface area contributed by atoms with Crippen molar-refractivity contribution in [3.05, 3.63) is 101 Å². The summed E-state index contributed by atoms with van der Waals surface area (Å²) in [6.07, 6.45) is 3.20. The Bertz CT molecular complexity index is 1220. The first-order chi connectivity index (χ1) is 15.0. The summed E-state index contributed by atoms with van der Waals surface area (Å²) in [7, 11) is 0. The van der Waals surface area contributed by atoms with E-state index in [0.717, 1.165) is 17.7 Å². The second kappa shape index (κ2) is 9.01. The number of benzene rings is 2. The van der Waals surface area contributed by atoms with Gasteiger partial charge in [0, 0.05) is 17.3 Å². The summed E-state index contributed by atoms with van der Waals surface area (Å²) in [5.74, 6) is -1.74. The van der Waals surface area contributed by atoms with Crippen LogP contribution in [-0.2, 0) is 13.2 Å². The number of hydrogen-bond acceptors (Lipinski definition) is 4. The summed E-state index contributed by atoms with van der Waals surface area (Å²) in [6.45, 7) is 0.381. The van der Waals surface area contributed by atoms with Gasteiger partial charge in [0.2, 0.25) is 0 Å². The monoisotopic (exact) mass is 443 g/mol. The van der Waals surface area contributed by atoms with Gasteiger partial charge < -0.3 is 14.5 Å². The lowest BCUT2D eigenvalue weighted by atomic mass is 10.2. The van der Waals surface area contributed by atoms with E-state index in [1.165, 1.54) is 18.3 Å². The number of rotatable bonds is 7. The zero-order chi connectivity index (χ0) is 21.8. The van der Waals surface area contributed by atoms with Crippen LogP contribution in [0.25, 0.3) is 0 Å². The topological polar surface area (TPSA) is 69.3 Å². The van der Waals surface area contributed by atoms with Crippen LogP contribution in [0.15, 0.2) is 71.4 Å². The quantitative estimate of drug-likeness (QED) is 0.421. The summed E-state index contributed by atoms with van der Waals surface area (Å²) in [5, 5.41) is 7.55. The maximum atomic E-state index is 13.6. The highest BCUT2D eigenvalue weighted by molar-refractivity contribution is 6.30. The van der Waals surface area contributed by atoms with Crippen molar-refractivity contribution in [1.29, 1.82) is 0 Å². The van der Waals surface area contributed by atoms with E-state index >= 15 is 0 Å². The highest BCUT2D eigenvalue weighted by Gasteiger charge is 2.14. The van der Waals surface area contributed by atoms with Gasteiger partial charge in [-0.3, -0.25) is 9.48 Å². The number of amides is 1. The van der Waals surface area contributed by atoms with Crippen LogP contribution in [-0.4, -0.2) is 15.7 Å². The SMILES string of the molecule is O=C(Nc1cnn(Cc2cccc(Cl)c2)c1)c1ccc(COc2ccc(F)cc2F)o1. The molecule has 158 valence electrons. The molecule has 2 aromatic carbocycles. The van der Waals surface area contributed by atoms with Crippen molar-refractivity contribution in [1.82, 2.24) is 9.78 Å². The molecule has 0 aliphatic rings. The van der Waals surface area contributed by atoms with Crippen LogP contribution in [0.4, 0.5) is 14.5 Å². The molecule has 0 bridgehead atoms. The van der Waals surface area contributed by atoms with Gasteiger partial charge in [0.05, 0.1) is 18.4 Å². The molecule has 0 aliphatic heterocycles. The van der Waals surface area contributed by atoms with E-state index in [4.69, 9.17) is 20.8 Å². The number of aromatic nitrogens is 2. The third kappa shape index (κ3) is 5.29. The zero-order valence-corrected chi connectivity index (χ0v) is 16.8. The minimum atomic E-state index is -0.820. The first kappa shape index (κ1) is 20.6. The van der Waals surface area contributed by atoms with E-state index in [1.54, 1.807) is 23.0 Å². The van der Waals surface area contributed by atoms with E-state index in [-0.39, 0.29) is 18.1 Å². The third-order valence-corrected chi connectivity index (χ3v) is 4.51. The molecule has 0 spiro atoms. The molecule has 4 aromatic rings. The fourth-order valence-electron chi connectivity index (χ4n) is 2.85. The molecule has 2 aromatic heterocycles. The largest absolute Gasteiger partial charge is 0.483 e. The third-order valence-electron chi connectivity index (χ3n) is 4.27. The van der Waals surface area contributed by atoms with Gasteiger partial charge in [-0.25, -0.2) is 8.78 Å². The first-order valence-corrected chi connectivity index (χ1v) is 9.59. The molecule has 0 saturated heterocycles. The molecule has 0 fully saturated rings. The fraction of sp³-hybridized carbons (Fsp3) is 0.0909. The molecule has 9 heteroatoms. The van der Waals surface area contributed by atoms with Crippen molar-refractivity contribution in [2.75, 3.05) is 5.32 Å². The normalized spacial score (nSPS) is 10.8. The molecule has 1 N–H and O–H groups in total. The number of carbonyl (C=O) groups is 1. The van der Waals surface area contributed by atoms with Gasteiger partial charge in [0.25, 0.3) is 5.91 Å². The van der Waals surface area contributed by atoms with Crippen LogP contribution < -0.4 is 10.1 Å². The molecule has 6 nitrogen and oxygen atoms in total. The van der Waals surface area contributed by atoms with Gasteiger partial charge in [0.15, 0.2) is 17.3 Å². The molecule has 4 rings (SSSR count). The van der Waals surface area contributed by atoms with Crippen molar-refractivity contribution >= 4 is 23.2 Å². The predicted octanol–water partition coefficient (Wildman–Crippen LogP) is 5.29. The van der Waals surface area contributed by atoms with Crippen LogP contribution in [0.2, 0.25) is 5.02 Å². The Hall–Kier alpha value is -3.65. The first-order valence-electron chi connectivity index (χ1n) is 9.21. The minimum Gasteiger partial charge on any atom is -0.483 e. The molecule has 31 heavy (non-hydrogen) atoms. The van der Waals surface area contributed by atoms with Gasteiger partial charge in [-0.05, 0) is 42.0 Å². The lowest BCUT2D eigenvalue weighted by molar-refractivity contribution is 0.0992. The highest BCUT2D eigenvalue weighted by Crippen LogP contribution is 2.20. The number of carbonyl (C=O) groups excluding carboxylic acids is 1. The second-order valence-electron chi connectivity index (χ2n) is 6.64. The van der Waals surface area contributed by atoms with E-state index in [9.17, 15) is 13.6 Å². The molecule has 0 saturated carbocycles. The van der Waals surface area contributed by atoms with E-state index < -0.39 is 17.5 Å². The lowest BCUT2D eigenvalue weighted by Gasteiger charge is -2.05.